The summed E-state index contributed by atoms with van der Waals surface area (Å²) in [5.41, 5.74) is -0.793. The van der Waals surface area contributed by atoms with E-state index in [1.165, 1.54) is 0 Å². The summed E-state index contributed by atoms with van der Waals surface area (Å²) in [5.74, 6) is 0.335. The lowest BCUT2D eigenvalue weighted by Gasteiger charge is -2.44. The lowest BCUT2D eigenvalue weighted by molar-refractivity contribution is -0.155. The molecule has 108 valence electrons. The second-order valence-electron chi connectivity index (χ2n) is 6.08. The third-order valence-electron chi connectivity index (χ3n) is 4.01. The fraction of sp³-hybridized carbons (Fsp3) is 0.857. The van der Waals surface area contributed by atoms with Crippen LogP contribution in [0.2, 0.25) is 0 Å². The molecule has 5 heteroatoms. The average Bonchev–Trinajstić information content (AvgIpc) is 2.37. The Morgan fingerprint density at radius 1 is 1.42 bits per heavy atom. The van der Waals surface area contributed by atoms with Crippen LogP contribution >= 0.6 is 0 Å². The van der Waals surface area contributed by atoms with Gasteiger partial charge in [0, 0.05) is 13.2 Å². The molecule has 0 spiro atoms. The molecule has 2 atom stereocenters. The second kappa shape index (κ2) is 5.49. The van der Waals surface area contributed by atoms with Crippen molar-refractivity contribution in [3.8, 4) is 0 Å². The van der Waals surface area contributed by atoms with Crippen molar-refractivity contribution in [3.63, 3.8) is 0 Å². The van der Waals surface area contributed by atoms with Crippen molar-refractivity contribution in [1.29, 1.82) is 0 Å². The van der Waals surface area contributed by atoms with Crippen LogP contribution in [0.4, 0.5) is 0 Å². The van der Waals surface area contributed by atoms with E-state index < -0.39 is 5.54 Å². The first-order chi connectivity index (χ1) is 8.95. The van der Waals surface area contributed by atoms with Gasteiger partial charge in [-0.3, -0.25) is 9.59 Å². The number of nitrogens with one attached hydrogen (secondary N) is 1. The van der Waals surface area contributed by atoms with Gasteiger partial charge in [0.05, 0.1) is 6.61 Å². The molecule has 0 aromatic heterocycles. The van der Waals surface area contributed by atoms with Gasteiger partial charge in [0.25, 0.3) is 0 Å². The monoisotopic (exact) mass is 268 g/mol. The minimum Gasteiger partial charge on any atom is -0.381 e. The smallest absolute Gasteiger partial charge is 0.248 e. The molecule has 0 radical (unpaired) electrons. The number of nitrogens with zero attached hydrogens (tertiary/aromatic N) is 1. The van der Waals surface area contributed by atoms with E-state index in [-0.39, 0.29) is 17.9 Å². The van der Waals surface area contributed by atoms with Gasteiger partial charge in [0.1, 0.15) is 11.6 Å². The highest BCUT2D eigenvalue weighted by Crippen LogP contribution is 2.23. The summed E-state index contributed by atoms with van der Waals surface area (Å²) in [4.78, 5) is 26.4. The van der Waals surface area contributed by atoms with Crippen molar-refractivity contribution in [2.45, 2.75) is 51.6 Å². The van der Waals surface area contributed by atoms with Gasteiger partial charge < -0.3 is 15.0 Å². The molecule has 2 fully saturated rings. The molecule has 0 aromatic rings. The van der Waals surface area contributed by atoms with E-state index in [0.717, 1.165) is 19.4 Å². The molecule has 19 heavy (non-hydrogen) atoms. The Bertz CT molecular complexity index is 362. The Hall–Kier alpha value is -1.10. The van der Waals surface area contributed by atoms with Crippen LogP contribution in [0.1, 0.15) is 40.0 Å². The van der Waals surface area contributed by atoms with E-state index >= 15 is 0 Å². The third-order valence-corrected chi connectivity index (χ3v) is 4.01. The van der Waals surface area contributed by atoms with Gasteiger partial charge in [-0.2, -0.15) is 0 Å². The second-order valence-corrected chi connectivity index (χ2v) is 6.08. The first kappa shape index (κ1) is 14.3. The summed E-state index contributed by atoms with van der Waals surface area (Å²) in [6.07, 6.45) is 2.77. The van der Waals surface area contributed by atoms with Crippen molar-refractivity contribution < 1.29 is 14.3 Å². The number of carbonyl (C=O) groups excluding carboxylic acids is 2. The number of hydrogen-bond acceptors (Lipinski definition) is 3. The van der Waals surface area contributed by atoms with Crippen molar-refractivity contribution in [2.75, 3.05) is 19.8 Å². The lowest BCUT2D eigenvalue weighted by atomic mass is 9.93. The van der Waals surface area contributed by atoms with Crippen molar-refractivity contribution in [1.82, 2.24) is 10.2 Å². The van der Waals surface area contributed by atoms with Crippen LogP contribution in [0.15, 0.2) is 0 Å². The predicted molar refractivity (Wildman–Crippen MR) is 71.6 cm³/mol. The lowest BCUT2D eigenvalue weighted by Crippen LogP contribution is -2.68. The molecule has 2 saturated heterocycles. The maximum atomic E-state index is 12.5. The van der Waals surface area contributed by atoms with Crippen molar-refractivity contribution in [3.05, 3.63) is 0 Å². The van der Waals surface area contributed by atoms with Crippen molar-refractivity contribution >= 4 is 11.8 Å². The number of ether oxygens (including phenoxy) is 1. The first-order valence-electron chi connectivity index (χ1n) is 7.16. The van der Waals surface area contributed by atoms with Gasteiger partial charge in [-0.15, -0.1) is 0 Å². The number of amides is 2. The van der Waals surface area contributed by atoms with Crippen LogP contribution in [-0.2, 0) is 14.3 Å². The van der Waals surface area contributed by atoms with Crippen LogP contribution in [-0.4, -0.2) is 48.1 Å². The predicted octanol–water partition coefficient (Wildman–Crippen LogP) is 0.929. The zero-order valence-electron chi connectivity index (χ0n) is 12.1. The molecule has 2 aliphatic heterocycles. The Labute approximate surface area is 114 Å². The van der Waals surface area contributed by atoms with Gasteiger partial charge in [0.2, 0.25) is 11.8 Å². The van der Waals surface area contributed by atoms with Crippen LogP contribution in [0.25, 0.3) is 0 Å². The van der Waals surface area contributed by atoms with E-state index in [9.17, 15) is 9.59 Å². The molecule has 0 aliphatic carbocycles. The van der Waals surface area contributed by atoms with Crippen LogP contribution in [0.5, 0.6) is 0 Å². The molecule has 2 unspecified atom stereocenters. The molecule has 1 N–H and O–H groups in total. The van der Waals surface area contributed by atoms with E-state index in [1.54, 1.807) is 18.7 Å². The van der Waals surface area contributed by atoms with E-state index in [1.807, 2.05) is 6.92 Å². The van der Waals surface area contributed by atoms with Crippen LogP contribution in [0.3, 0.4) is 0 Å². The minimum atomic E-state index is -0.793. The molecule has 5 nitrogen and oxygen atoms in total. The first-order valence-corrected chi connectivity index (χ1v) is 7.16. The Morgan fingerprint density at radius 3 is 2.74 bits per heavy atom. The van der Waals surface area contributed by atoms with Gasteiger partial charge in [-0.1, -0.05) is 6.92 Å². The highest BCUT2D eigenvalue weighted by Gasteiger charge is 2.44. The van der Waals surface area contributed by atoms with Crippen LogP contribution < -0.4 is 5.32 Å². The van der Waals surface area contributed by atoms with E-state index in [0.29, 0.717) is 25.5 Å². The molecule has 0 aromatic carbocycles. The van der Waals surface area contributed by atoms with Gasteiger partial charge in [0.15, 0.2) is 0 Å². The maximum Gasteiger partial charge on any atom is 0.248 e. The molecule has 2 amide bonds. The summed E-state index contributed by atoms with van der Waals surface area (Å²) in [6, 6.07) is -0.331. The summed E-state index contributed by atoms with van der Waals surface area (Å²) in [7, 11) is 0. The third kappa shape index (κ3) is 2.91. The Balaban J connectivity index is 2.12. The highest BCUT2D eigenvalue weighted by atomic mass is 16.5. The quantitative estimate of drug-likeness (QED) is 0.828. The van der Waals surface area contributed by atoms with E-state index in [2.05, 4.69) is 5.32 Å². The Morgan fingerprint density at radius 2 is 2.16 bits per heavy atom. The molecule has 2 heterocycles. The SMILES string of the molecule is CCC1C(=O)NC(C)(C)C(=O)N1CC1CCCOC1. The number of hydrogen-bond donors (Lipinski definition) is 1. The zero-order chi connectivity index (χ0) is 14.0. The maximum absolute atomic E-state index is 12.5. The molecule has 2 rings (SSSR count). The zero-order valence-corrected chi connectivity index (χ0v) is 12.1. The fourth-order valence-electron chi connectivity index (χ4n) is 2.93. The molecule has 0 bridgehead atoms. The number of rotatable bonds is 3. The van der Waals surface area contributed by atoms with E-state index in [4.69, 9.17) is 4.74 Å². The largest absolute Gasteiger partial charge is 0.381 e. The van der Waals surface area contributed by atoms with Gasteiger partial charge in [-0.05, 0) is 39.0 Å². The minimum absolute atomic E-state index is 0.0181. The standard InChI is InChI=1S/C14H24N2O3/c1-4-11-12(17)15-14(2,3)13(18)16(11)8-10-6-5-7-19-9-10/h10-11H,4-9H2,1-3H3,(H,15,17). The van der Waals surface area contributed by atoms with Crippen molar-refractivity contribution in [2.24, 2.45) is 5.92 Å². The van der Waals surface area contributed by atoms with Gasteiger partial charge >= 0.3 is 0 Å². The number of piperazine rings is 1. The Kier molecular flexibility index (Phi) is 4.13. The van der Waals surface area contributed by atoms with Gasteiger partial charge in [-0.25, -0.2) is 0 Å². The molecular weight excluding hydrogens is 244 g/mol. The van der Waals surface area contributed by atoms with Crippen LogP contribution in [0, 0.1) is 5.92 Å². The number of carbonyl (C=O) groups is 2. The average molecular weight is 268 g/mol. The topological polar surface area (TPSA) is 58.6 Å². The molecule has 2 aliphatic rings. The summed E-state index contributed by atoms with van der Waals surface area (Å²) < 4.78 is 5.47. The summed E-state index contributed by atoms with van der Waals surface area (Å²) in [6.45, 7) is 7.62. The summed E-state index contributed by atoms with van der Waals surface area (Å²) in [5, 5.41) is 2.81. The fourth-order valence-corrected chi connectivity index (χ4v) is 2.93. The summed E-state index contributed by atoms with van der Waals surface area (Å²) >= 11 is 0. The normalized spacial score (nSPS) is 31.2. The molecular formula is C14H24N2O3. The molecule has 0 saturated carbocycles. The highest BCUT2D eigenvalue weighted by molar-refractivity contribution is 5.99.